The van der Waals surface area contributed by atoms with Crippen molar-refractivity contribution in [2.75, 3.05) is 5.73 Å². The van der Waals surface area contributed by atoms with Gasteiger partial charge in [-0.2, -0.15) is 0 Å². The van der Waals surface area contributed by atoms with Gasteiger partial charge in [0.1, 0.15) is 0 Å². The lowest BCUT2D eigenvalue weighted by Gasteiger charge is -2.00. The molecular weight excluding hydrogens is 192 g/mol. The van der Waals surface area contributed by atoms with Crippen LogP contribution in [0.5, 0.6) is 0 Å². The highest BCUT2D eigenvalue weighted by atomic mass is 16.1. The van der Waals surface area contributed by atoms with Gasteiger partial charge in [0.05, 0.1) is 6.34 Å². The Morgan fingerprint density at radius 3 is 2.33 bits per heavy atom. The Labute approximate surface area is 89.6 Å². The third-order valence-electron chi connectivity index (χ3n) is 1.58. The predicted molar refractivity (Wildman–Crippen MR) is 63.5 cm³/mol. The van der Waals surface area contributed by atoms with Gasteiger partial charge in [-0.05, 0) is 12.1 Å². The lowest BCUT2D eigenvalue weighted by molar-refractivity contribution is 0.0989. The number of anilines is 1. The Morgan fingerprint density at radius 2 is 1.93 bits per heavy atom. The lowest BCUT2D eigenvalue weighted by Crippen LogP contribution is -2.01. The Hall–Kier alpha value is -1.88. The minimum absolute atomic E-state index is 0. The van der Waals surface area contributed by atoms with E-state index in [0.717, 1.165) is 6.34 Å². The molecule has 8 N–H and O–H groups in total. The molecule has 0 aliphatic rings. The van der Waals surface area contributed by atoms with Crippen molar-refractivity contribution in [2.24, 2.45) is 5.73 Å². The van der Waals surface area contributed by atoms with E-state index in [-0.39, 0.29) is 11.9 Å². The van der Waals surface area contributed by atoms with Crippen LogP contribution < -0.4 is 17.6 Å². The van der Waals surface area contributed by atoms with Crippen molar-refractivity contribution in [3.63, 3.8) is 0 Å². The molecule has 0 saturated carbocycles. The number of ketones is 1. The number of carbonyl (C=O) groups is 1. The minimum Gasteiger partial charge on any atom is -0.398 e. The van der Waals surface area contributed by atoms with E-state index in [1.165, 1.54) is 0 Å². The number of rotatable bonds is 2. The molecule has 15 heavy (non-hydrogen) atoms. The number of hydrogen-bond acceptors (Lipinski definition) is 4. The van der Waals surface area contributed by atoms with Gasteiger partial charge in [-0.15, -0.1) is 0 Å². The summed E-state index contributed by atoms with van der Waals surface area (Å²) in [5, 5.41) is 5.86. The van der Waals surface area contributed by atoms with E-state index in [4.69, 9.17) is 11.1 Å². The first-order valence-corrected chi connectivity index (χ1v) is 4.25. The molecule has 5 heteroatoms. The van der Waals surface area contributed by atoms with Gasteiger partial charge in [-0.25, -0.2) is 0 Å². The maximum atomic E-state index is 11.2. The smallest absolute Gasteiger partial charge is 0.164 e. The molecule has 0 spiro atoms. The number of Topliss-reactive ketones (excluding diaryl/α,β-unsaturated/α-hetero) is 1. The first kappa shape index (κ1) is 15.6. The molecule has 0 aromatic heterocycles. The molecule has 0 fully saturated rings. The van der Waals surface area contributed by atoms with Crippen LogP contribution in [0.1, 0.15) is 23.7 Å². The Balaban J connectivity index is 0. The highest BCUT2D eigenvalue weighted by Gasteiger charge is 2.04. The van der Waals surface area contributed by atoms with E-state index in [0.29, 0.717) is 17.7 Å². The Morgan fingerprint density at radius 1 is 1.47 bits per heavy atom. The number of para-hydroxylation sites is 1. The first-order valence-electron chi connectivity index (χ1n) is 4.25. The normalized spacial score (nSPS) is 7.80. The van der Waals surface area contributed by atoms with E-state index >= 15 is 0 Å². The summed E-state index contributed by atoms with van der Waals surface area (Å²) in [5.41, 5.74) is 11.2. The molecule has 0 heterocycles. The van der Waals surface area contributed by atoms with Crippen molar-refractivity contribution < 1.29 is 4.79 Å². The van der Waals surface area contributed by atoms with Crippen molar-refractivity contribution in [3.05, 3.63) is 29.8 Å². The molecule has 84 valence electrons. The summed E-state index contributed by atoms with van der Waals surface area (Å²) in [5.74, 6) is 0.100. The third kappa shape index (κ3) is 5.43. The largest absolute Gasteiger partial charge is 0.398 e. The van der Waals surface area contributed by atoms with Crippen LogP contribution in [-0.4, -0.2) is 12.1 Å². The summed E-state index contributed by atoms with van der Waals surface area (Å²) < 4.78 is 0. The Bertz CT molecular complexity index is 312. The molecule has 1 aromatic carbocycles. The van der Waals surface area contributed by atoms with Gasteiger partial charge in [0.15, 0.2) is 5.78 Å². The standard InChI is InChI=1S/C9H11NO.CH4N2.H3N/c1-2-9(11)7-5-3-4-6-8(7)10;2-1-3;/h3-6H,2,10H2,1H3;1H,(H3,2,3);1H3. The fourth-order valence-electron chi connectivity index (χ4n) is 0.941. The van der Waals surface area contributed by atoms with Crippen LogP contribution in [-0.2, 0) is 0 Å². The van der Waals surface area contributed by atoms with Gasteiger partial charge in [0, 0.05) is 17.7 Å². The quantitative estimate of drug-likeness (QED) is 0.255. The molecule has 0 aliphatic carbocycles. The van der Waals surface area contributed by atoms with Crippen molar-refractivity contribution in [2.45, 2.75) is 13.3 Å². The predicted octanol–water partition coefficient (Wildman–Crippen LogP) is 1.58. The second-order valence-corrected chi connectivity index (χ2v) is 2.53. The van der Waals surface area contributed by atoms with E-state index in [9.17, 15) is 4.79 Å². The van der Waals surface area contributed by atoms with Crippen LogP contribution in [0.2, 0.25) is 0 Å². The van der Waals surface area contributed by atoms with Gasteiger partial charge in [0.25, 0.3) is 0 Å². The Kier molecular flexibility index (Phi) is 9.05. The average molecular weight is 210 g/mol. The van der Waals surface area contributed by atoms with Crippen molar-refractivity contribution in [1.29, 1.82) is 5.41 Å². The van der Waals surface area contributed by atoms with E-state index in [1.807, 2.05) is 19.1 Å². The van der Waals surface area contributed by atoms with E-state index in [2.05, 4.69) is 5.73 Å². The topological polar surface area (TPSA) is 128 Å². The summed E-state index contributed by atoms with van der Waals surface area (Å²) in [6.07, 6.45) is 1.26. The zero-order valence-electron chi connectivity index (χ0n) is 8.86. The van der Waals surface area contributed by atoms with Crippen molar-refractivity contribution >= 4 is 17.8 Å². The SMILES string of the molecule is CCC(=O)c1ccccc1N.N.N=CN. The number of benzene rings is 1. The first-order chi connectivity index (χ1) is 6.67. The van der Waals surface area contributed by atoms with Gasteiger partial charge in [0.2, 0.25) is 0 Å². The fourth-order valence-corrected chi connectivity index (χ4v) is 0.941. The van der Waals surface area contributed by atoms with Gasteiger partial charge in [-0.3, -0.25) is 10.2 Å². The van der Waals surface area contributed by atoms with Gasteiger partial charge >= 0.3 is 0 Å². The second kappa shape index (κ2) is 8.71. The van der Waals surface area contributed by atoms with Crippen LogP contribution in [0.25, 0.3) is 0 Å². The molecule has 0 amide bonds. The summed E-state index contributed by atoms with van der Waals surface area (Å²) in [6.45, 7) is 1.83. The molecule has 0 unspecified atom stereocenters. The molecule has 0 bridgehead atoms. The van der Waals surface area contributed by atoms with Crippen LogP contribution in [0.4, 0.5) is 5.69 Å². The monoisotopic (exact) mass is 210 g/mol. The molecule has 5 nitrogen and oxygen atoms in total. The number of carbonyl (C=O) groups excluding carboxylic acids is 1. The molecule has 1 aromatic rings. The second-order valence-electron chi connectivity index (χ2n) is 2.53. The highest BCUT2D eigenvalue weighted by Crippen LogP contribution is 2.11. The number of hydrogen-bond donors (Lipinski definition) is 4. The molecule has 0 atom stereocenters. The molecule has 1 rings (SSSR count). The minimum atomic E-state index is 0. The number of nitrogens with one attached hydrogen (secondary N) is 1. The summed E-state index contributed by atoms with van der Waals surface area (Å²) in [7, 11) is 0. The lowest BCUT2D eigenvalue weighted by atomic mass is 10.1. The van der Waals surface area contributed by atoms with E-state index in [1.54, 1.807) is 12.1 Å². The molecule has 0 radical (unpaired) electrons. The van der Waals surface area contributed by atoms with Crippen molar-refractivity contribution in [1.82, 2.24) is 6.15 Å². The van der Waals surface area contributed by atoms with Crippen LogP contribution in [0.3, 0.4) is 0 Å². The van der Waals surface area contributed by atoms with Crippen LogP contribution in [0.15, 0.2) is 24.3 Å². The van der Waals surface area contributed by atoms with E-state index < -0.39 is 0 Å². The van der Waals surface area contributed by atoms with Crippen molar-refractivity contribution in [3.8, 4) is 0 Å². The maximum Gasteiger partial charge on any atom is 0.164 e. The molecule has 0 saturated heterocycles. The van der Waals surface area contributed by atoms with Crippen LogP contribution in [0, 0.1) is 5.41 Å². The van der Waals surface area contributed by atoms with Crippen LogP contribution >= 0.6 is 0 Å². The number of nitrogens with two attached hydrogens (primary N) is 2. The zero-order valence-corrected chi connectivity index (χ0v) is 8.86. The average Bonchev–Trinajstić information content (AvgIpc) is 2.19. The fraction of sp³-hybridized carbons (Fsp3) is 0.200. The molecule has 0 aliphatic heterocycles. The maximum absolute atomic E-state index is 11.2. The zero-order chi connectivity index (χ0) is 11.0. The highest BCUT2D eigenvalue weighted by molar-refractivity contribution is 6.00. The van der Waals surface area contributed by atoms with Gasteiger partial charge < -0.3 is 17.6 Å². The number of nitrogen functional groups attached to an aromatic ring is 1. The summed E-state index contributed by atoms with van der Waals surface area (Å²) >= 11 is 0. The summed E-state index contributed by atoms with van der Waals surface area (Å²) in [6, 6.07) is 7.13. The third-order valence-corrected chi connectivity index (χ3v) is 1.58. The van der Waals surface area contributed by atoms with Gasteiger partial charge in [-0.1, -0.05) is 19.1 Å². The molecular formula is C10H18N4O. The summed E-state index contributed by atoms with van der Waals surface area (Å²) in [4.78, 5) is 11.2.